The minimum atomic E-state index is -0.790. The quantitative estimate of drug-likeness (QED) is 0.864. The van der Waals surface area contributed by atoms with Crippen LogP contribution < -0.4 is 10.2 Å². The van der Waals surface area contributed by atoms with E-state index in [1.165, 1.54) is 6.07 Å². The van der Waals surface area contributed by atoms with Gasteiger partial charge < -0.3 is 14.3 Å². The van der Waals surface area contributed by atoms with Gasteiger partial charge in [-0.1, -0.05) is 0 Å². The minimum Gasteiger partial charge on any atom is -0.482 e. The maximum Gasteiger partial charge on any atom is 0.227 e. The fourth-order valence-corrected chi connectivity index (χ4v) is 1.85. The van der Waals surface area contributed by atoms with Crippen molar-refractivity contribution in [2.45, 2.75) is 13.2 Å². The summed E-state index contributed by atoms with van der Waals surface area (Å²) in [6, 6.07) is 3.37. The lowest BCUT2D eigenvalue weighted by Gasteiger charge is -2.08. The van der Waals surface area contributed by atoms with Crippen LogP contribution in [0.2, 0.25) is 0 Å². The molecule has 4 nitrogen and oxygen atoms in total. The molecule has 0 aliphatic carbocycles. The predicted octanol–water partition coefficient (Wildman–Crippen LogP) is 2.75. The Bertz CT molecular complexity index is 685. The maximum atomic E-state index is 13.7. The van der Waals surface area contributed by atoms with Crippen LogP contribution in [-0.4, -0.2) is 5.11 Å². The van der Waals surface area contributed by atoms with Gasteiger partial charge in [-0.05, 0) is 28.1 Å². The monoisotopic (exact) mass is 346 g/mol. The van der Waals surface area contributed by atoms with E-state index < -0.39 is 30.3 Å². The molecule has 0 aliphatic rings. The Hall–Kier alpha value is -1.73. The number of hydrogen-bond acceptors (Lipinski definition) is 4. The molecule has 0 bridgehead atoms. The van der Waals surface area contributed by atoms with Gasteiger partial charge in [-0.2, -0.15) is 0 Å². The standard InChI is InChI=1S/C13H9BrF2O4/c14-9-1-2-10(15)8(13(9)16)5-20-12-6-19-7(4-17)3-11(12)18/h1-3,6,17H,4-5H2. The fourth-order valence-electron chi connectivity index (χ4n) is 1.48. The zero-order valence-corrected chi connectivity index (χ0v) is 11.6. The van der Waals surface area contributed by atoms with Gasteiger partial charge in [0.1, 0.15) is 36.9 Å². The summed E-state index contributed by atoms with van der Waals surface area (Å²) in [7, 11) is 0. The van der Waals surface area contributed by atoms with Crippen molar-refractivity contribution in [2.75, 3.05) is 0 Å². The van der Waals surface area contributed by atoms with Crippen molar-refractivity contribution in [2.24, 2.45) is 0 Å². The second-order valence-corrected chi connectivity index (χ2v) is 4.70. The van der Waals surface area contributed by atoms with Gasteiger partial charge in [0.05, 0.1) is 10.0 Å². The molecule has 1 heterocycles. The Morgan fingerprint density at radius 1 is 1.35 bits per heavy atom. The normalized spacial score (nSPS) is 10.6. The van der Waals surface area contributed by atoms with E-state index in [1.807, 2.05) is 0 Å². The van der Waals surface area contributed by atoms with Crippen LogP contribution >= 0.6 is 15.9 Å². The molecule has 0 spiro atoms. The molecule has 0 fully saturated rings. The molecule has 0 unspecified atom stereocenters. The molecule has 2 aromatic rings. The molecule has 0 amide bonds. The van der Waals surface area contributed by atoms with Gasteiger partial charge in [-0.15, -0.1) is 0 Å². The largest absolute Gasteiger partial charge is 0.482 e. The number of benzene rings is 1. The molecule has 0 radical (unpaired) electrons. The van der Waals surface area contributed by atoms with Crippen molar-refractivity contribution < 1.29 is 23.0 Å². The summed E-state index contributed by atoms with van der Waals surface area (Å²) in [4.78, 5) is 11.6. The third-order valence-electron chi connectivity index (χ3n) is 2.52. The lowest BCUT2D eigenvalue weighted by molar-refractivity contribution is 0.234. The van der Waals surface area contributed by atoms with Gasteiger partial charge in [0, 0.05) is 6.07 Å². The molecule has 0 saturated heterocycles. The first-order chi connectivity index (χ1) is 9.52. The van der Waals surface area contributed by atoms with Crippen molar-refractivity contribution >= 4 is 15.9 Å². The molecule has 0 atom stereocenters. The molecule has 1 aromatic heterocycles. The summed E-state index contributed by atoms with van der Waals surface area (Å²) in [6.07, 6.45) is 0.988. The van der Waals surface area contributed by atoms with E-state index in [0.29, 0.717) is 0 Å². The number of hydrogen-bond donors (Lipinski definition) is 1. The highest BCUT2D eigenvalue weighted by Crippen LogP contribution is 2.22. The highest BCUT2D eigenvalue weighted by Gasteiger charge is 2.14. The smallest absolute Gasteiger partial charge is 0.227 e. The van der Waals surface area contributed by atoms with Gasteiger partial charge in [0.15, 0.2) is 0 Å². The van der Waals surface area contributed by atoms with Gasteiger partial charge in [-0.3, -0.25) is 4.79 Å². The third-order valence-corrected chi connectivity index (χ3v) is 3.13. The highest BCUT2D eigenvalue weighted by molar-refractivity contribution is 9.10. The van der Waals surface area contributed by atoms with Crippen molar-refractivity contribution in [1.82, 2.24) is 0 Å². The Morgan fingerprint density at radius 2 is 2.10 bits per heavy atom. The molecule has 0 saturated carbocycles. The minimum absolute atomic E-state index is 0.0715. The van der Waals surface area contributed by atoms with Crippen LogP contribution in [0.1, 0.15) is 11.3 Å². The van der Waals surface area contributed by atoms with E-state index in [2.05, 4.69) is 15.9 Å². The van der Waals surface area contributed by atoms with Crippen molar-refractivity contribution in [3.8, 4) is 5.75 Å². The van der Waals surface area contributed by atoms with Gasteiger partial charge in [0.25, 0.3) is 0 Å². The van der Waals surface area contributed by atoms with E-state index in [0.717, 1.165) is 18.4 Å². The zero-order valence-electron chi connectivity index (χ0n) is 10.0. The van der Waals surface area contributed by atoms with Crippen molar-refractivity contribution in [3.05, 3.63) is 62.1 Å². The van der Waals surface area contributed by atoms with E-state index in [1.54, 1.807) is 0 Å². The van der Waals surface area contributed by atoms with Crippen LogP contribution in [0.5, 0.6) is 5.75 Å². The first-order valence-electron chi connectivity index (χ1n) is 5.50. The lowest BCUT2D eigenvalue weighted by Crippen LogP contribution is -2.10. The summed E-state index contributed by atoms with van der Waals surface area (Å²) in [5, 5.41) is 8.79. The van der Waals surface area contributed by atoms with Crippen LogP contribution in [0, 0.1) is 11.6 Å². The van der Waals surface area contributed by atoms with Gasteiger partial charge in [-0.25, -0.2) is 8.78 Å². The van der Waals surface area contributed by atoms with E-state index in [9.17, 15) is 13.6 Å². The Balaban J connectivity index is 2.21. The van der Waals surface area contributed by atoms with Gasteiger partial charge in [0.2, 0.25) is 11.2 Å². The molecule has 2 rings (SSSR count). The average Bonchev–Trinajstić information content (AvgIpc) is 2.44. The van der Waals surface area contributed by atoms with Crippen molar-refractivity contribution in [3.63, 3.8) is 0 Å². The first kappa shape index (κ1) is 14.7. The van der Waals surface area contributed by atoms with Crippen molar-refractivity contribution in [1.29, 1.82) is 0 Å². The Labute approximate surface area is 120 Å². The van der Waals surface area contributed by atoms with Gasteiger partial charge >= 0.3 is 0 Å². The second-order valence-electron chi connectivity index (χ2n) is 3.84. The van der Waals surface area contributed by atoms with E-state index in [-0.39, 0.29) is 21.5 Å². The van der Waals surface area contributed by atoms with Crippen LogP contribution in [0.3, 0.4) is 0 Å². The molecular weight excluding hydrogens is 338 g/mol. The number of ether oxygens (including phenoxy) is 1. The van der Waals surface area contributed by atoms with Crippen LogP contribution in [0.25, 0.3) is 0 Å². The highest BCUT2D eigenvalue weighted by atomic mass is 79.9. The molecule has 0 aliphatic heterocycles. The van der Waals surface area contributed by atoms with Crippen LogP contribution in [0.4, 0.5) is 8.78 Å². The number of rotatable bonds is 4. The summed E-state index contributed by atoms with van der Waals surface area (Å²) < 4.78 is 37.2. The molecule has 106 valence electrons. The maximum absolute atomic E-state index is 13.7. The summed E-state index contributed by atoms with van der Waals surface area (Å²) in [6.45, 7) is -0.884. The van der Waals surface area contributed by atoms with E-state index in [4.69, 9.17) is 14.3 Å². The summed E-state index contributed by atoms with van der Waals surface area (Å²) in [5.74, 6) is -1.69. The summed E-state index contributed by atoms with van der Waals surface area (Å²) in [5.41, 5.74) is -0.846. The van der Waals surface area contributed by atoms with Crippen LogP contribution in [-0.2, 0) is 13.2 Å². The summed E-state index contributed by atoms with van der Waals surface area (Å²) >= 11 is 2.93. The average molecular weight is 347 g/mol. The number of aliphatic hydroxyl groups excluding tert-OH is 1. The van der Waals surface area contributed by atoms with E-state index >= 15 is 0 Å². The molecular formula is C13H9BrF2O4. The third kappa shape index (κ3) is 3.05. The number of aliphatic hydroxyl groups is 1. The SMILES string of the molecule is O=c1cc(CO)occ1OCc1c(F)ccc(Br)c1F. The Kier molecular flexibility index (Phi) is 4.51. The Morgan fingerprint density at radius 3 is 2.75 bits per heavy atom. The molecule has 1 N–H and O–H groups in total. The predicted molar refractivity (Wildman–Crippen MR) is 69.3 cm³/mol. The topological polar surface area (TPSA) is 59.7 Å². The van der Waals surface area contributed by atoms with Crippen LogP contribution in [0.15, 0.2) is 38.1 Å². The number of halogens is 3. The molecule has 7 heteroatoms. The molecule has 1 aromatic carbocycles. The lowest BCUT2D eigenvalue weighted by atomic mass is 10.2. The molecule has 20 heavy (non-hydrogen) atoms. The second kappa shape index (κ2) is 6.15. The first-order valence-corrected chi connectivity index (χ1v) is 6.30. The zero-order chi connectivity index (χ0) is 14.7. The fraction of sp³-hybridized carbons (Fsp3) is 0.154.